The number of nitrogens with one attached hydrogen (secondary N) is 1. The first kappa shape index (κ1) is 12.7. The van der Waals surface area contributed by atoms with Gasteiger partial charge in [-0.3, -0.25) is 4.79 Å². The van der Waals surface area contributed by atoms with Gasteiger partial charge in [0.05, 0.1) is 5.56 Å². The van der Waals surface area contributed by atoms with Crippen molar-refractivity contribution in [1.82, 2.24) is 5.32 Å². The zero-order valence-corrected chi connectivity index (χ0v) is 9.38. The number of benzene rings is 1. The highest BCUT2D eigenvalue weighted by Gasteiger charge is 1.99. The van der Waals surface area contributed by atoms with Crippen molar-refractivity contribution in [3.8, 4) is 17.9 Å². The van der Waals surface area contributed by atoms with Crippen LogP contribution in [0, 0.1) is 29.0 Å². The maximum absolute atomic E-state index is 12.9. The standard InChI is InChI=1S/C13H11FN2O/c1-10(17)16-7-3-2-4-11-8-13(14)6-5-12(11)9-15/h5-6,8H,3,7H2,1H3,(H,16,17). The van der Waals surface area contributed by atoms with Gasteiger partial charge in [-0.2, -0.15) is 5.26 Å². The van der Waals surface area contributed by atoms with E-state index in [2.05, 4.69) is 17.2 Å². The fourth-order valence-corrected chi connectivity index (χ4v) is 1.18. The Kier molecular flexibility index (Phi) is 4.72. The lowest BCUT2D eigenvalue weighted by atomic mass is 10.1. The molecule has 0 spiro atoms. The summed E-state index contributed by atoms with van der Waals surface area (Å²) in [5.41, 5.74) is 0.716. The molecule has 1 N–H and O–H groups in total. The summed E-state index contributed by atoms with van der Waals surface area (Å²) in [6, 6.07) is 5.79. The third kappa shape index (κ3) is 4.36. The Bertz CT molecular complexity index is 520. The van der Waals surface area contributed by atoms with Gasteiger partial charge >= 0.3 is 0 Å². The molecule has 0 bridgehead atoms. The Morgan fingerprint density at radius 1 is 1.47 bits per heavy atom. The predicted octanol–water partition coefficient (Wildman–Crippen LogP) is 1.58. The second-order valence-electron chi connectivity index (χ2n) is 3.34. The minimum atomic E-state index is -0.421. The van der Waals surface area contributed by atoms with E-state index in [0.29, 0.717) is 24.1 Å². The van der Waals surface area contributed by atoms with Crippen molar-refractivity contribution in [2.75, 3.05) is 6.54 Å². The summed E-state index contributed by atoms with van der Waals surface area (Å²) in [5, 5.41) is 11.4. The fourth-order valence-electron chi connectivity index (χ4n) is 1.18. The molecule has 0 unspecified atom stereocenters. The normalized spacial score (nSPS) is 8.76. The van der Waals surface area contributed by atoms with Crippen LogP contribution in [0.4, 0.5) is 4.39 Å². The van der Waals surface area contributed by atoms with Crippen LogP contribution in [0.15, 0.2) is 18.2 Å². The highest BCUT2D eigenvalue weighted by molar-refractivity contribution is 5.72. The molecule has 0 saturated heterocycles. The van der Waals surface area contributed by atoms with Gasteiger partial charge in [0, 0.05) is 25.5 Å². The second-order valence-corrected chi connectivity index (χ2v) is 3.34. The van der Waals surface area contributed by atoms with Crippen LogP contribution in [0.25, 0.3) is 0 Å². The fraction of sp³-hybridized carbons (Fsp3) is 0.231. The van der Waals surface area contributed by atoms with E-state index < -0.39 is 5.82 Å². The maximum Gasteiger partial charge on any atom is 0.216 e. The van der Waals surface area contributed by atoms with E-state index in [9.17, 15) is 9.18 Å². The molecule has 0 fully saturated rings. The van der Waals surface area contributed by atoms with Gasteiger partial charge in [0.2, 0.25) is 5.91 Å². The molecule has 3 nitrogen and oxygen atoms in total. The van der Waals surface area contributed by atoms with E-state index in [4.69, 9.17) is 5.26 Å². The van der Waals surface area contributed by atoms with Crippen molar-refractivity contribution in [3.05, 3.63) is 35.1 Å². The van der Waals surface area contributed by atoms with Gasteiger partial charge in [-0.1, -0.05) is 11.8 Å². The van der Waals surface area contributed by atoms with E-state index in [1.165, 1.54) is 25.1 Å². The first-order valence-corrected chi connectivity index (χ1v) is 5.06. The summed E-state index contributed by atoms with van der Waals surface area (Å²) in [5.74, 6) is 4.95. The number of nitrogens with zero attached hydrogens (tertiary/aromatic N) is 1. The molecule has 1 rings (SSSR count). The SMILES string of the molecule is CC(=O)NCCC#Cc1cc(F)ccc1C#N. The van der Waals surface area contributed by atoms with E-state index in [1.807, 2.05) is 6.07 Å². The highest BCUT2D eigenvalue weighted by atomic mass is 19.1. The van der Waals surface area contributed by atoms with Crippen LogP contribution in [-0.2, 0) is 4.79 Å². The number of halogens is 1. The predicted molar refractivity (Wildman–Crippen MR) is 61.3 cm³/mol. The van der Waals surface area contributed by atoms with Crippen molar-refractivity contribution in [2.45, 2.75) is 13.3 Å². The Labute approximate surface area is 99.3 Å². The molecular formula is C13H11FN2O. The van der Waals surface area contributed by atoms with E-state index >= 15 is 0 Å². The van der Waals surface area contributed by atoms with Crippen molar-refractivity contribution >= 4 is 5.91 Å². The summed E-state index contributed by atoms with van der Waals surface area (Å²) in [6.07, 6.45) is 0.459. The number of rotatable bonds is 2. The van der Waals surface area contributed by atoms with Gasteiger partial charge in [-0.25, -0.2) is 4.39 Å². The minimum Gasteiger partial charge on any atom is -0.355 e. The number of hydrogen-bond acceptors (Lipinski definition) is 2. The molecule has 1 aromatic rings. The lowest BCUT2D eigenvalue weighted by Gasteiger charge is -1.96. The molecule has 0 heterocycles. The largest absolute Gasteiger partial charge is 0.355 e. The summed E-state index contributed by atoms with van der Waals surface area (Å²) in [4.78, 5) is 10.6. The summed E-state index contributed by atoms with van der Waals surface area (Å²) >= 11 is 0. The number of amides is 1. The Morgan fingerprint density at radius 3 is 2.88 bits per heavy atom. The van der Waals surface area contributed by atoms with E-state index in [1.54, 1.807) is 0 Å². The monoisotopic (exact) mass is 230 g/mol. The van der Waals surface area contributed by atoms with Gasteiger partial charge in [0.1, 0.15) is 11.9 Å². The number of hydrogen-bond donors (Lipinski definition) is 1. The zero-order chi connectivity index (χ0) is 12.7. The quantitative estimate of drug-likeness (QED) is 0.619. The number of nitriles is 1. The molecule has 86 valence electrons. The van der Waals surface area contributed by atoms with Gasteiger partial charge in [0.15, 0.2) is 0 Å². The van der Waals surface area contributed by atoms with Crippen molar-refractivity contribution < 1.29 is 9.18 Å². The molecule has 0 aliphatic carbocycles. The third-order valence-corrected chi connectivity index (χ3v) is 1.95. The number of carbonyl (C=O) groups is 1. The Balaban J connectivity index is 2.68. The average molecular weight is 230 g/mol. The molecule has 0 atom stereocenters. The van der Waals surface area contributed by atoms with Crippen LogP contribution < -0.4 is 5.32 Å². The molecule has 1 amide bonds. The van der Waals surface area contributed by atoms with E-state index in [-0.39, 0.29) is 5.91 Å². The second kappa shape index (κ2) is 6.30. The van der Waals surface area contributed by atoms with Gasteiger partial charge in [-0.15, -0.1) is 0 Å². The topological polar surface area (TPSA) is 52.9 Å². The van der Waals surface area contributed by atoms with Gasteiger partial charge in [-0.05, 0) is 18.2 Å². The summed E-state index contributed by atoms with van der Waals surface area (Å²) in [7, 11) is 0. The molecule has 1 aromatic carbocycles. The van der Waals surface area contributed by atoms with Crippen LogP contribution in [0.1, 0.15) is 24.5 Å². The maximum atomic E-state index is 12.9. The third-order valence-electron chi connectivity index (χ3n) is 1.95. The molecule has 17 heavy (non-hydrogen) atoms. The van der Waals surface area contributed by atoms with Crippen LogP contribution in [0.5, 0.6) is 0 Å². The van der Waals surface area contributed by atoms with Crippen molar-refractivity contribution in [2.24, 2.45) is 0 Å². The van der Waals surface area contributed by atoms with Crippen molar-refractivity contribution in [3.63, 3.8) is 0 Å². The minimum absolute atomic E-state index is 0.115. The van der Waals surface area contributed by atoms with Crippen LogP contribution in [0.2, 0.25) is 0 Å². The first-order valence-electron chi connectivity index (χ1n) is 5.06. The van der Waals surface area contributed by atoms with Crippen LogP contribution >= 0.6 is 0 Å². The lowest BCUT2D eigenvalue weighted by molar-refractivity contribution is -0.118. The lowest BCUT2D eigenvalue weighted by Crippen LogP contribution is -2.20. The zero-order valence-electron chi connectivity index (χ0n) is 9.38. The highest BCUT2D eigenvalue weighted by Crippen LogP contribution is 2.08. The molecular weight excluding hydrogens is 219 g/mol. The summed E-state index contributed by atoms with van der Waals surface area (Å²) in [6.45, 7) is 1.87. The smallest absolute Gasteiger partial charge is 0.216 e. The van der Waals surface area contributed by atoms with Gasteiger partial charge < -0.3 is 5.32 Å². The molecule has 4 heteroatoms. The first-order chi connectivity index (χ1) is 8.13. The van der Waals surface area contributed by atoms with Crippen LogP contribution in [0.3, 0.4) is 0 Å². The molecule has 0 radical (unpaired) electrons. The molecule has 0 saturated carbocycles. The van der Waals surface area contributed by atoms with Gasteiger partial charge in [0.25, 0.3) is 0 Å². The molecule has 0 aromatic heterocycles. The summed E-state index contributed by atoms with van der Waals surface area (Å²) < 4.78 is 12.9. The van der Waals surface area contributed by atoms with Crippen molar-refractivity contribution in [1.29, 1.82) is 5.26 Å². The van der Waals surface area contributed by atoms with Crippen LogP contribution in [-0.4, -0.2) is 12.5 Å². The Hall–Kier alpha value is -2.33. The number of carbonyl (C=O) groups excluding carboxylic acids is 1. The Morgan fingerprint density at radius 2 is 2.24 bits per heavy atom. The average Bonchev–Trinajstić information content (AvgIpc) is 2.28. The van der Waals surface area contributed by atoms with E-state index in [0.717, 1.165) is 0 Å². The molecule has 0 aliphatic heterocycles. The molecule has 0 aliphatic rings.